The average Bonchev–Trinajstić information content (AvgIpc) is 2.56. The van der Waals surface area contributed by atoms with Gasteiger partial charge in [-0.2, -0.15) is 0 Å². The summed E-state index contributed by atoms with van der Waals surface area (Å²) in [5.74, 6) is 0.848. The molecule has 0 aliphatic rings. The Morgan fingerprint density at radius 3 is 2.44 bits per heavy atom. The van der Waals surface area contributed by atoms with Crippen molar-refractivity contribution >= 4 is 33.4 Å². The molecule has 0 aliphatic heterocycles. The van der Waals surface area contributed by atoms with E-state index in [1.54, 1.807) is 12.1 Å². The Morgan fingerprint density at radius 2 is 1.84 bits per heavy atom. The van der Waals surface area contributed by atoms with Crippen LogP contribution in [0.3, 0.4) is 0 Å². The van der Waals surface area contributed by atoms with Gasteiger partial charge in [0.1, 0.15) is 0 Å². The second-order valence-corrected chi connectivity index (χ2v) is 8.26. The molecule has 25 heavy (non-hydrogen) atoms. The van der Waals surface area contributed by atoms with E-state index in [-0.39, 0.29) is 16.6 Å². The molecule has 0 radical (unpaired) electrons. The summed E-state index contributed by atoms with van der Waals surface area (Å²) in [6, 6.07) is 13.0. The second kappa shape index (κ2) is 8.51. The first-order valence-corrected chi connectivity index (χ1v) is 10.6. The van der Waals surface area contributed by atoms with Crippen LogP contribution in [0.15, 0.2) is 47.4 Å². The lowest BCUT2D eigenvalue weighted by atomic mass is 10.1. The molecule has 0 spiro atoms. The minimum absolute atomic E-state index is 0.0557. The molecular weight excluding hydrogens is 356 g/mol. The molecule has 0 unspecified atom stereocenters. The van der Waals surface area contributed by atoms with Crippen LogP contribution in [0.4, 0.5) is 5.69 Å². The van der Waals surface area contributed by atoms with E-state index in [1.807, 2.05) is 38.1 Å². The molecule has 2 aromatic carbocycles. The number of nitrogens with two attached hydrogens (primary N) is 1. The van der Waals surface area contributed by atoms with Crippen molar-refractivity contribution in [1.29, 1.82) is 0 Å². The number of hydrogen-bond acceptors (Lipinski definition) is 4. The molecule has 0 atom stereocenters. The second-order valence-electron chi connectivity index (χ2n) is 5.75. The van der Waals surface area contributed by atoms with Crippen LogP contribution < -0.4 is 10.5 Å². The van der Waals surface area contributed by atoms with Gasteiger partial charge in [-0.15, -0.1) is 11.8 Å². The van der Waals surface area contributed by atoms with Crippen molar-refractivity contribution in [3.05, 3.63) is 59.2 Å². The maximum atomic E-state index is 12.1. The zero-order valence-electron chi connectivity index (χ0n) is 14.3. The number of anilines is 1. The van der Waals surface area contributed by atoms with E-state index in [1.165, 1.54) is 23.4 Å². The summed E-state index contributed by atoms with van der Waals surface area (Å²) in [6.45, 7) is 3.88. The van der Waals surface area contributed by atoms with Gasteiger partial charge in [-0.25, -0.2) is 13.6 Å². The number of nitrogens with one attached hydrogen (secondary N) is 1. The molecule has 0 heterocycles. The Kier molecular flexibility index (Phi) is 6.64. The summed E-state index contributed by atoms with van der Waals surface area (Å²) < 4.78 is 23.3. The summed E-state index contributed by atoms with van der Waals surface area (Å²) in [5, 5.41) is 7.96. The maximum Gasteiger partial charge on any atom is 0.238 e. The van der Waals surface area contributed by atoms with Gasteiger partial charge >= 0.3 is 0 Å². The molecule has 5 nitrogen and oxygen atoms in total. The maximum absolute atomic E-state index is 12.1. The normalized spacial score (nSPS) is 11.3. The molecular formula is C18H22N2O3S2. The molecule has 0 saturated heterocycles. The highest BCUT2D eigenvalue weighted by molar-refractivity contribution is 7.99. The fourth-order valence-corrected chi connectivity index (χ4v) is 3.99. The predicted octanol–water partition coefficient (Wildman–Crippen LogP) is 3.08. The summed E-state index contributed by atoms with van der Waals surface area (Å²) in [6.07, 6.45) is 0.548. The molecule has 1 amide bonds. The zero-order chi connectivity index (χ0) is 18.4. The van der Waals surface area contributed by atoms with Crippen LogP contribution >= 0.6 is 11.8 Å². The first kappa shape index (κ1) is 19.5. The Bertz CT molecular complexity index is 847. The number of primary sulfonamides is 1. The van der Waals surface area contributed by atoms with E-state index in [9.17, 15) is 13.2 Å². The molecule has 134 valence electrons. The van der Waals surface area contributed by atoms with Gasteiger partial charge in [-0.3, -0.25) is 4.79 Å². The molecule has 0 fully saturated rings. The molecule has 2 rings (SSSR count). The zero-order valence-corrected chi connectivity index (χ0v) is 15.9. The fraction of sp³-hybridized carbons (Fsp3) is 0.278. The highest BCUT2D eigenvalue weighted by Crippen LogP contribution is 2.21. The van der Waals surface area contributed by atoms with Crippen LogP contribution in [0.25, 0.3) is 0 Å². The summed E-state index contributed by atoms with van der Waals surface area (Å²) in [7, 11) is -3.82. The Balaban J connectivity index is 1.95. The van der Waals surface area contributed by atoms with Crippen LogP contribution in [-0.4, -0.2) is 20.1 Å². The quantitative estimate of drug-likeness (QED) is 0.775. The van der Waals surface area contributed by atoms with Crippen molar-refractivity contribution in [2.45, 2.75) is 30.9 Å². The van der Waals surface area contributed by atoms with Gasteiger partial charge in [0.25, 0.3) is 0 Å². The van der Waals surface area contributed by atoms with Crippen molar-refractivity contribution in [3.63, 3.8) is 0 Å². The Labute approximate surface area is 153 Å². The third-order valence-electron chi connectivity index (χ3n) is 3.66. The summed E-state index contributed by atoms with van der Waals surface area (Å²) in [4.78, 5) is 12.1. The number of benzene rings is 2. The van der Waals surface area contributed by atoms with Crippen LogP contribution in [0.5, 0.6) is 0 Å². The first-order valence-electron chi connectivity index (χ1n) is 7.88. The van der Waals surface area contributed by atoms with Crippen molar-refractivity contribution in [1.82, 2.24) is 0 Å². The minimum Gasteiger partial charge on any atom is -0.325 e. The largest absolute Gasteiger partial charge is 0.325 e. The van der Waals surface area contributed by atoms with Gasteiger partial charge in [0.05, 0.1) is 10.6 Å². The van der Waals surface area contributed by atoms with Crippen LogP contribution in [0, 0.1) is 6.92 Å². The lowest BCUT2D eigenvalue weighted by molar-refractivity contribution is -0.113. The number of carbonyl (C=O) groups excluding carboxylic acids is 1. The third-order valence-corrected chi connectivity index (χ3v) is 5.66. The monoisotopic (exact) mass is 378 g/mol. The summed E-state index contributed by atoms with van der Waals surface area (Å²) >= 11 is 1.50. The van der Waals surface area contributed by atoms with E-state index >= 15 is 0 Å². The van der Waals surface area contributed by atoms with E-state index in [0.29, 0.717) is 17.7 Å². The van der Waals surface area contributed by atoms with E-state index < -0.39 is 10.0 Å². The van der Waals surface area contributed by atoms with Gasteiger partial charge in [-0.1, -0.05) is 42.8 Å². The molecule has 3 N–H and O–H groups in total. The van der Waals surface area contributed by atoms with Crippen LogP contribution in [0.1, 0.15) is 23.6 Å². The number of hydrogen-bond donors (Lipinski definition) is 2. The third kappa shape index (κ3) is 5.88. The standard InChI is InChI=1S/C18H22N2O3S2/c1-3-15-8-9-16(10-17(15)25(19,22)23)20-18(21)12-24-11-14-6-4-13(2)5-7-14/h4-10H,3,11-12H2,1-2H3,(H,20,21)(H2,19,22,23). The van der Waals surface area contributed by atoms with Crippen LogP contribution in [-0.2, 0) is 27.0 Å². The van der Waals surface area contributed by atoms with E-state index in [4.69, 9.17) is 5.14 Å². The first-order chi connectivity index (χ1) is 11.8. The van der Waals surface area contributed by atoms with E-state index in [0.717, 1.165) is 11.3 Å². The van der Waals surface area contributed by atoms with Gasteiger partial charge in [-0.05, 0) is 36.6 Å². The lowest BCUT2D eigenvalue weighted by Gasteiger charge is -2.10. The smallest absolute Gasteiger partial charge is 0.238 e. The number of aryl methyl sites for hydroxylation is 2. The Morgan fingerprint density at radius 1 is 1.16 bits per heavy atom. The van der Waals surface area contributed by atoms with Gasteiger partial charge in [0, 0.05) is 11.4 Å². The summed E-state index contributed by atoms with van der Waals surface area (Å²) in [5.41, 5.74) is 3.43. The van der Waals surface area contributed by atoms with Gasteiger partial charge in [0.2, 0.25) is 15.9 Å². The molecule has 0 bridgehead atoms. The molecule has 0 saturated carbocycles. The molecule has 7 heteroatoms. The minimum atomic E-state index is -3.82. The van der Waals surface area contributed by atoms with Crippen molar-refractivity contribution in [3.8, 4) is 0 Å². The van der Waals surface area contributed by atoms with Crippen molar-refractivity contribution in [2.75, 3.05) is 11.1 Å². The average molecular weight is 379 g/mol. The van der Waals surface area contributed by atoms with Gasteiger partial charge < -0.3 is 5.32 Å². The number of rotatable bonds is 7. The number of sulfonamides is 1. The highest BCUT2D eigenvalue weighted by Gasteiger charge is 2.14. The molecule has 2 aromatic rings. The topological polar surface area (TPSA) is 89.3 Å². The highest BCUT2D eigenvalue weighted by atomic mass is 32.2. The van der Waals surface area contributed by atoms with Crippen molar-refractivity contribution < 1.29 is 13.2 Å². The molecule has 0 aromatic heterocycles. The Hall–Kier alpha value is -1.83. The predicted molar refractivity (Wildman–Crippen MR) is 103 cm³/mol. The number of amides is 1. The molecule has 0 aliphatic carbocycles. The number of thioether (sulfide) groups is 1. The lowest BCUT2D eigenvalue weighted by Crippen LogP contribution is -2.17. The SMILES string of the molecule is CCc1ccc(NC(=O)CSCc2ccc(C)cc2)cc1S(N)(=O)=O. The fourth-order valence-electron chi connectivity index (χ4n) is 2.33. The van der Waals surface area contributed by atoms with Crippen LogP contribution in [0.2, 0.25) is 0 Å². The van der Waals surface area contributed by atoms with E-state index in [2.05, 4.69) is 5.32 Å². The van der Waals surface area contributed by atoms with Gasteiger partial charge in [0.15, 0.2) is 0 Å². The van der Waals surface area contributed by atoms with Crippen molar-refractivity contribution in [2.24, 2.45) is 5.14 Å². The number of carbonyl (C=O) groups is 1.